The Kier molecular flexibility index (Phi) is 6.10. The number of piperazine rings is 1. The molecule has 0 radical (unpaired) electrons. The largest absolute Gasteiger partial charge is 0.378 e. The summed E-state index contributed by atoms with van der Waals surface area (Å²) in [5, 5.41) is 5.07. The predicted molar refractivity (Wildman–Crippen MR) is 137 cm³/mol. The molecule has 13 nitrogen and oxygen atoms in total. The van der Waals surface area contributed by atoms with Gasteiger partial charge in [0.15, 0.2) is 5.65 Å². The molecule has 37 heavy (non-hydrogen) atoms. The topological polar surface area (TPSA) is 142 Å². The standard InChI is InChI=1S/C23H27N9O4S/c1-37(34,35)31-6-4-29(5-7-31)14-20(33)32-22-17(13-26-32)21(16-2-3-18-19(12-16)25-15-24-18)27-23(28-22)30-8-10-36-11-9-30/h2-3,12-13,15H,4-11,14H2,1H3,(H,24,25). The van der Waals surface area contributed by atoms with Crippen molar-refractivity contribution in [1.29, 1.82) is 0 Å². The first-order chi connectivity index (χ1) is 17.9. The molecule has 194 valence electrons. The van der Waals surface area contributed by atoms with Crippen LogP contribution < -0.4 is 4.90 Å². The van der Waals surface area contributed by atoms with Gasteiger partial charge < -0.3 is 14.6 Å². The lowest BCUT2D eigenvalue weighted by Crippen LogP contribution is -2.50. The van der Waals surface area contributed by atoms with Gasteiger partial charge in [0.05, 0.1) is 60.7 Å². The first kappa shape index (κ1) is 23.9. The quantitative estimate of drug-likeness (QED) is 0.390. The normalized spacial score (nSPS) is 18.1. The minimum absolute atomic E-state index is 0.111. The van der Waals surface area contributed by atoms with Crippen LogP contribution in [0.5, 0.6) is 0 Å². The number of anilines is 1. The maximum atomic E-state index is 13.4. The third kappa shape index (κ3) is 4.68. The van der Waals surface area contributed by atoms with Gasteiger partial charge >= 0.3 is 0 Å². The molecule has 2 fully saturated rings. The van der Waals surface area contributed by atoms with Crippen LogP contribution in [0.2, 0.25) is 0 Å². The zero-order valence-corrected chi connectivity index (χ0v) is 21.2. The third-order valence-electron chi connectivity index (χ3n) is 6.80. The molecule has 4 aromatic rings. The molecule has 0 bridgehead atoms. The van der Waals surface area contributed by atoms with Gasteiger partial charge in [0.25, 0.3) is 5.91 Å². The van der Waals surface area contributed by atoms with Crippen LogP contribution in [-0.2, 0) is 14.8 Å². The lowest BCUT2D eigenvalue weighted by Gasteiger charge is -2.32. The van der Waals surface area contributed by atoms with Crippen molar-refractivity contribution in [2.75, 3.05) is 70.2 Å². The van der Waals surface area contributed by atoms with Crippen molar-refractivity contribution < 1.29 is 17.9 Å². The molecule has 3 aromatic heterocycles. The van der Waals surface area contributed by atoms with Crippen LogP contribution in [0, 0.1) is 0 Å². The zero-order chi connectivity index (χ0) is 25.6. The van der Waals surface area contributed by atoms with E-state index in [0.717, 1.165) is 16.6 Å². The number of carbonyl (C=O) groups excluding carboxylic acids is 1. The predicted octanol–water partition coefficient (Wildman–Crippen LogP) is 0.424. The van der Waals surface area contributed by atoms with Crippen LogP contribution in [0.4, 0.5) is 5.95 Å². The van der Waals surface area contributed by atoms with Gasteiger partial charge in [-0.2, -0.15) is 19.1 Å². The number of aromatic nitrogens is 6. The first-order valence-electron chi connectivity index (χ1n) is 12.1. The van der Waals surface area contributed by atoms with Gasteiger partial charge in [0.1, 0.15) is 0 Å². The smallest absolute Gasteiger partial charge is 0.263 e. The third-order valence-corrected chi connectivity index (χ3v) is 8.10. The van der Waals surface area contributed by atoms with E-state index in [1.165, 1.54) is 15.2 Å². The second-order valence-corrected chi connectivity index (χ2v) is 11.2. The van der Waals surface area contributed by atoms with Crippen LogP contribution >= 0.6 is 0 Å². The van der Waals surface area contributed by atoms with Gasteiger partial charge in [-0.15, -0.1) is 0 Å². The van der Waals surface area contributed by atoms with E-state index >= 15 is 0 Å². The number of nitrogens with zero attached hydrogens (tertiary/aromatic N) is 8. The van der Waals surface area contributed by atoms with Gasteiger partial charge in [-0.3, -0.25) is 9.69 Å². The summed E-state index contributed by atoms with van der Waals surface area (Å²) in [6.45, 7) is 4.22. The molecule has 5 heterocycles. The lowest BCUT2D eigenvalue weighted by atomic mass is 10.1. The molecule has 6 rings (SSSR count). The fraction of sp³-hybridized carbons (Fsp3) is 0.435. The minimum Gasteiger partial charge on any atom is -0.378 e. The molecule has 0 aliphatic carbocycles. The summed E-state index contributed by atoms with van der Waals surface area (Å²) in [6, 6.07) is 5.87. The van der Waals surface area contributed by atoms with Crippen molar-refractivity contribution in [3.05, 3.63) is 30.7 Å². The average Bonchev–Trinajstić information content (AvgIpc) is 3.55. The minimum atomic E-state index is -3.24. The molecule has 0 amide bonds. The molecular formula is C23H27N9O4S. The second kappa shape index (κ2) is 9.45. The number of imidazole rings is 1. The SMILES string of the molecule is CS(=O)(=O)N1CCN(CC(=O)n2ncc3c(-c4ccc5[nH]cnc5c4)nc(N4CCOCC4)nc32)CC1. The van der Waals surface area contributed by atoms with Gasteiger partial charge in [-0.25, -0.2) is 18.4 Å². The molecule has 1 N–H and O–H groups in total. The molecule has 0 saturated carbocycles. The number of ether oxygens (including phenoxy) is 1. The number of rotatable bonds is 5. The number of H-pyrrole nitrogens is 1. The molecule has 1 aromatic carbocycles. The number of fused-ring (bicyclic) bond motifs is 2. The summed E-state index contributed by atoms with van der Waals surface area (Å²) >= 11 is 0. The van der Waals surface area contributed by atoms with E-state index in [9.17, 15) is 13.2 Å². The van der Waals surface area contributed by atoms with Crippen LogP contribution in [0.1, 0.15) is 4.79 Å². The number of morpholine rings is 1. The second-order valence-electron chi connectivity index (χ2n) is 9.23. The maximum absolute atomic E-state index is 13.4. The summed E-state index contributed by atoms with van der Waals surface area (Å²) in [5.74, 6) is 0.285. The number of sulfonamides is 1. The molecule has 0 spiro atoms. The number of hydrogen-bond acceptors (Lipinski definition) is 10. The van der Waals surface area contributed by atoms with E-state index in [-0.39, 0.29) is 12.5 Å². The van der Waals surface area contributed by atoms with Gasteiger partial charge in [-0.05, 0) is 12.1 Å². The fourth-order valence-electron chi connectivity index (χ4n) is 4.76. The molecule has 0 unspecified atom stereocenters. The highest BCUT2D eigenvalue weighted by Crippen LogP contribution is 2.30. The Morgan fingerprint density at radius 2 is 1.86 bits per heavy atom. The highest BCUT2D eigenvalue weighted by molar-refractivity contribution is 7.88. The molecule has 2 aliphatic heterocycles. The molecular weight excluding hydrogens is 498 g/mol. The van der Waals surface area contributed by atoms with Crippen molar-refractivity contribution in [2.45, 2.75) is 0 Å². The van der Waals surface area contributed by atoms with Crippen molar-refractivity contribution in [2.24, 2.45) is 0 Å². The van der Waals surface area contributed by atoms with Crippen molar-refractivity contribution in [3.63, 3.8) is 0 Å². The average molecular weight is 526 g/mol. The first-order valence-corrected chi connectivity index (χ1v) is 13.9. The van der Waals surface area contributed by atoms with Crippen molar-refractivity contribution in [1.82, 2.24) is 38.9 Å². The molecule has 2 saturated heterocycles. The Balaban J connectivity index is 1.35. The van der Waals surface area contributed by atoms with Gasteiger partial charge in [-0.1, -0.05) is 6.07 Å². The van der Waals surface area contributed by atoms with Crippen LogP contribution in [0.25, 0.3) is 33.3 Å². The van der Waals surface area contributed by atoms with Crippen molar-refractivity contribution in [3.8, 4) is 11.3 Å². The van der Waals surface area contributed by atoms with E-state index in [0.29, 0.717) is 75.2 Å². The fourth-order valence-corrected chi connectivity index (χ4v) is 5.59. The molecule has 14 heteroatoms. The van der Waals surface area contributed by atoms with Crippen molar-refractivity contribution >= 4 is 43.9 Å². The van der Waals surface area contributed by atoms with E-state index in [1.807, 2.05) is 28.0 Å². The highest BCUT2D eigenvalue weighted by Gasteiger charge is 2.27. The molecule has 2 aliphatic rings. The Morgan fingerprint density at radius 1 is 1.08 bits per heavy atom. The summed E-state index contributed by atoms with van der Waals surface area (Å²) < 4.78 is 31.9. The Bertz CT molecular complexity index is 1570. The summed E-state index contributed by atoms with van der Waals surface area (Å²) in [4.78, 5) is 34.5. The summed E-state index contributed by atoms with van der Waals surface area (Å²) in [7, 11) is -3.24. The van der Waals surface area contributed by atoms with E-state index in [1.54, 1.807) is 12.5 Å². The van der Waals surface area contributed by atoms with Crippen LogP contribution in [0.3, 0.4) is 0 Å². The Hall–Kier alpha value is -3.46. The van der Waals surface area contributed by atoms with Gasteiger partial charge in [0, 0.05) is 44.8 Å². The highest BCUT2D eigenvalue weighted by atomic mass is 32.2. The van der Waals surface area contributed by atoms with Gasteiger partial charge in [0.2, 0.25) is 16.0 Å². The van der Waals surface area contributed by atoms with Crippen LogP contribution in [0.15, 0.2) is 30.7 Å². The van der Waals surface area contributed by atoms with E-state index < -0.39 is 10.0 Å². The lowest BCUT2D eigenvalue weighted by molar-refractivity contribution is 0.0809. The summed E-state index contributed by atoms with van der Waals surface area (Å²) in [6.07, 6.45) is 4.48. The number of aromatic amines is 1. The Morgan fingerprint density at radius 3 is 2.62 bits per heavy atom. The van der Waals surface area contributed by atoms with Crippen LogP contribution in [-0.4, -0.2) is 119 Å². The Labute approximate surface area is 213 Å². The monoisotopic (exact) mass is 525 g/mol. The number of nitrogens with one attached hydrogen (secondary N) is 1. The maximum Gasteiger partial charge on any atom is 0.263 e. The number of benzene rings is 1. The van der Waals surface area contributed by atoms with E-state index in [2.05, 4.69) is 15.1 Å². The van der Waals surface area contributed by atoms with E-state index in [4.69, 9.17) is 14.7 Å². The molecule has 0 atom stereocenters. The number of hydrogen-bond donors (Lipinski definition) is 1. The number of carbonyl (C=O) groups is 1. The summed E-state index contributed by atoms with van der Waals surface area (Å²) in [5.41, 5.74) is 3.70. The zero-order valence-electron chi connectivity index (χ0n) is 20.4.